The average Bonchev–Trinajstić information content (AvgIpc) is 2.57. The van der Waals surface area contributed by atoms with Crippen LogP contribution in [-0.2, 0) is 6.54 Å². The zero-order valence-corrected chi connectivity index (χ0v) is 12.7. The number of benzene rings is 1. The van der Waals surface area contributed by atoms with Crippen molar-refractivity contribution >= 4 is 21.6 Å². The molecule has 2 rings (SSSR count). The molecule has 0 radical (unpaired) electrons. The Labute approximate surface area is 122 Å². The number of rotatable bonds is 3. The quantitative estimate of drug-likeness (QED) is 0.620. The third kappa shape index (κ3) is 3.54. The summed E-state index contributed by atoms with van der Waals surface area (Å²) in [6.07, 6.45) is 5.01. The van der Waals surface area contributed by atoms with Crippen LogP contribution < -0.4 is 0 Å². The molecule has 1 unspecified atom stereocenters. The summed E-state index contributed by atoms with van der Waals surface area (Å²) >= 11 is 3.38. The molecule has 0 spiro atoms. The van der Waals surface area contributed by atoms with E-state index in [0.29, 0.717) is 10.5 Å². The van der Waals surface area contributed by atoms with Gasteiger partial charge < -0.3 is 0 Å². The minimum absolute atomic E-state index is 0.153. The molecule has 1 aliphatic rings. The molecule has 1 heterocycles. The Kier molecular flexibility index (Phi) is 4.93. The van der Waals surface area contributed by atoms with E-state index in [1.165, 1.54) is 25.7 Å². The van der Waals surface area contributed by atoms with Crippen molar-refractivity contribution in [1.29, 1.82) is 0 Å². The van der Waals surface area contributed by atoms with Crippen LogP contribution in [-0.4, -0.2) is 22.4 Å². The molecule has 104 valence electrons. The van der Waals surface area contributed by atoms with Crippen LogP contribution in [0.4, 0.5) is 5.69 Å². The van der Waals surface area contributed by atoms with Gasteiger partial charge >= 0.3 is 0 Å². The van der Waals surface area contributed by atoms with E-state index in [4.69, 9.17) is 0 Å². The van der Waals surface area contributed by atoms with Gasteiger partial charge in [0.1, 0.15) is 0 Å². The highest BCUT2D eigenvalue weighted by Gasteiger charge is 2.20. The Morgan fingerprint density at radius 1 is 1.42 bits per heavy atom. The van der Waals surface area contributed by atoms with Crippen LogP contribution >= 0.6 is 15.9 Å². The van der Waals surface area contributed by atoms with Crippen LogP contribution in [0.2, 0.25) is 0 Å². The van der Waals surface area contributed by atoms with Crippen LogP contribution in [0.3, 0.4) is 0 Å². The van der Waals surface area contributed by atoms with Crippen molar-refractivity contribution in [2.45, 2.75) is 45.2 Å². The highest BCUT2D eigenvalue weighted by atomic mass is 79.9. The Morgan fingerprint density at radius 3 is 2.95 bits per heavy atom. The molecular formula is C14H19BrN2O2. The van der Waals surface area contributed by atoms with E-state index in [2.05, 4.69) is 27.8 Å². The van der Waals surface area contributed by atoms with Crippen LogP contribution in [0.25, 0.3) is 0 Å². The monoisotopic (exact) mass is 326 g/mol. The zero-order chi connectivity index (χ0) is 13.8. The maximum absolute atomic E-state index is 10.9. The number of nitro benzene ring substituents is 1. The first-order valence-corrected chi connectivity index (χ1v) is 7.54. The van der Waals surface area contributed by atoms with Gasteiger partial charge in [-0.05, 0) is 47.8 Å². The fourth-order valence-corrected chi connectivity index (χ4v) is 3.15. The van der Waals surface area contributed by atoms with Crippen LogP contribution in [0.15, 0.2) is 22.7 Å². The summed E-state index contributed by atoms with van der Waals surface area (Å²) in [5.41, 5.74) is 1.16. The standard InChI is InChI=1S/C14H19BrN2O2/c1-11-6-3-2-4-9-16(11)10-12-7-5-8-13(14(12)15)17(18)19/h5,7-8,11H,2-4,6,9-10H2,1H3. The van der Waals surface area contributed by atoms with Crippen molar-refractivity contribution in [2.75, 3.05) is 6.54 Å². The fraction of sp³-hybridized carbons (Fsp3) is 0.571. The average molecular weight is 327 g/mol. The Morgan fingerprint density at radius 2 is 2.21 bits per heavy atom. The van der Waals surface area contributed by atoms with E-state index < -0.39 is 0 Å². The van der Waals surface area contributed by atoms with Crippen LogP contribution in [0.5, 0.6) is 0 Å². The normalized spacial score (nSPS) is 21.1. The van der Waals surface area contributed by atoms with Gasteiger partial charge in [0.15, 0.2) is 0 Å². The molecule has 0 aliphatic carbocycles. The summed E-state index contributed by atoms with van der Waals surface area (Å²) in [6.45, 7) is 4.11. The summed E-state index contributed by atoms with van der Waals surface area (Å²) in [7, 11) is 0. The summed E-state index contributed by atoms with van der Waals surface area (Å²) in [5, 5.41) is 10.9. The third-order valence-corrected chi connectivity index (χ3v) is 4.73. The van der Waals surface area contributed by atoms with Crippen molar-refractivity contribution in [3.05, 3.63) is 38.3 Å². The first kappa shape index (κ1) is 14.5. The van der Waals surface area contributed by atoms with Gasteiger partial charge in [-0.2, -0.15) is 0 Å². The first-order chi connectivity index (χ1) is 9.09. The number of hydrogen-bond acceptors (Lipinski definition) is 3. The van der Waals surface area contributed by atoms with E-state index >= 15 is 0 Å². The molecule has 0 amide bonds. The van der Waals surface area contributed by atoms with Gasteiger partial charge in [-0.25, -0.2) is 0 Å². The highest BCUT2D eigenvalue weighted by Crippen LogP contribution is 2.30. The smallest absolute Gasteiger partial charge is 0.283 e. The van der Waals surface area contributed by atoms with E-state index in [-0.39, 0.29) is 10.6 Å². The Hall–Kier alpha value is -0.940. The van der Waals surface area contributed by atoms with Gasteiger partial charge in [-0.1, -0.05) is 25.0 Å². The van der Waals surface area contributed by atoms with E-state index in [9.17, 15) is 10.1 Å². The fourth-order valence-electron chi connectivity index (χ4n) is 2.62. The van der Waals surface area contributed by atoms with Gasteiger partial charge in [-0.15, -0.1) is 0 Å². The van der Waals surface area contributed by atoms with Gasteiger partial charge in [0.05, 0.1) is 9.40 Å². The largest absolute Gasteiger partial charge is 0.296 e. The molecule has 0 bridgehead atoms. The molecule has 1 saturated heterocycles. The van der Waals surface area contributed by atoms with E-state index in [0.717, 1.165) is 18.7 Å². The predicted octanol–water partition coefficient (Wildman–Crippen LogP) is 4.12. The summed E-state index contributed by atoms with van der Waals surface area (Å²) in [6, 6.07) is 5.82. The van der Waals surface area contributed by atoms with Gasteiger partial charge in [-0.3, -0.25) is 15.0 Å². The van der Waals surface area contributed by atoms with Crippen molar-refractivity contribution < 1.29 is 4.92 Å². The number of likely N-dealkylation sites (tertiary alicyclic amines) is 1. The minimum atomic E-state index is -0.334. The molecule has 0 N–H and O–H groups in total. The second kappa shape index (κ2) is 6.48. The Balaban J connectivity index is 2.18. The maximum Gasteiger partial charge on any atom is 0.283 e. The molecule has 0 aromatic heterocycles. The van der Waals surface area contributed by atoms with Crippen molar-refractivity contribution in [3.63, 3.8) is 0 Å². The maximum atomic E-state index is 10.9. The Bertz CT molecular complexity index is 465. The molecule has 1 fully saturated rings. The molecule has 1 aromatic carbocycles. The molecule has 1 atom stereocenters. The highest BCUT2D eigenvalue weighted by molar-refractivity contribution is 9.10. The van der Waals surface area contributed by atoms with Gasteiger partial charge in [0.25, 0.3) is 5.69 Å². The van der Waals surface area contributed by atoms with Crippen molar-refractivity contribution in [3.8, 4) is 0 Å². The van der Waals surface area contributed by atoms with E-state index in [1.807, 2.05) is 6.07 Å². The van der Waals surface area contributed by atoms with Gasteiger partial charge in [0, 0.05) is 18.7 Å². The zero-order valence-electron chi connectivity index (χ0n) is 11.1. The predicted molar refractivity (Wildman–Crippen MR) is 79.1 cm³/mol. The van der Waals surface area contributed by atoms with Crippen LogP contribution in [0.1, 0.15) is 38.2 Å². The molecular weight excluding hydrogens is 308 g/mol. The molecule has 19 heavy (non-hydrogen) atoms. The van der Waals surface area contributed by atoms with E-state index in [1.54, 1.807) is 12.1 Å². The van der Waals surface area contributed by atoms with Crippen LogP contribution in [0, 0.1) is 10.1 Å². The van der Waals surface area contributed by atoms with Crippen molar-refractivity contribution in [2.24, 2.45) is 0 Å². The SMILES string of the molecule is CC1CCCCCN1Cc1cccc([N+](=O)[O-])c1Br. The summed E-state index contributed by atoms with van der Waals surface area (Å²) < 4.78 is 0.622. The van der Waals surface area contributed by atoms with Gasteiger partial charge in [0.2, 0.25) is 0 Å². The second-order valence-electron chi connectivity index (χ2n) is 5.18. The summed E-state index contributed by atoms with van der Waals surface area (Å²) in [4.78, 5) is 13.0. The first-order valence-electron chi connectivity index (χ1n) is 6.75. The lowest BCUT2D eigenvalue weighted by Crippen LogP contribution is -2.32. The molecule has 1 aliphatic heterocycles. The lowest BCUT2D eigenvalue weighted by atomic mass is 10.1. The number of nitro groups is 1. The molecule has 5 heteroatoms. The number of hydrogen-bond donors (Lipinski definition) is 0. The number of nitrogens with zero attached hydrogens (tertiary/aromatic N) is 2. The van der Waals surface area contributed by atoms with Crippen molar-refractivity contribution in [1.82, 2.24) is 4.90 Å². The third-order valence-electron chi connectivity index (χ3n) is 3.82. The minimum Gasteiger partial charge on any atom is -0.296 e. The lowest BCUT2D eigenvalue weighted by Gasteiger charge is -2.27. The lowest BCUT2D eigenvalue weighted by molar-refractivity contribution is -0.385. The topological polar surface area (TPSA) is 46.4 Å². The summed E-state index contributed by atoms with van der Waals surface area (Å²) in [5.74, 6) is 0. The number of halogens is 1. The molecule has 1 aromatic rings. The molecule has 4 nitrogen and oxygen atoms in total. The molecule has 0 saturated carbocycles. The second-order valence-corrected chi connectivity index (χ2v) is 5.97.